The number of ether oxygens (including phenoxy) is 2. The largest absolute Gasteiger partial charge is 0.378 e. The van der Waals surface area contributed by atoms with E-state index in [1.807, 2.05) is 28.8 Å². The molecule has 0 radical (unpaired) electrons. The van der Waals surface area contributed by atoms with Crippen molar-refractivity contribution >= 4 is 22.9 Å². The smallest absolute Gasteiger partial charge is 0.242 e. The van der Waals surface area contributed by atoms with Crippen molar-refractivity contribution < 1.29 is 9.47 Å². The Morgan fingerprint density at radius 1 is 0.897 bits per heavy atom. The van der Waals surface area contributed by atoms with Gasteiger partial charge in [0.15, 0.2) is 0 Å². The summed E-state index contributed by atoms with van der Waals surface area (Å²) in [5, 5.41) is 0. The molecule has 0 saturated carbocycles. The van der Waals surface area contributed by atoms with Gasteiger partial charge in [0, 0.05) is 19.6 Å². The van der Waals surface area contributed by atoms with E-state index in [1.165, 1.54) is 0 Å². The summed E-state index contributed by atoms with van der Waals surface area (Å²) in [5.41, 5.74) is 1.89. The highest BCUT2D eigenvalue weighted by Gasteiger charge is 2.29. The maximum absolute atomic E-state index is 5.79. The molecule has 0 spiro atoms. The number of benzene rings is 1. The second kappa shape index (κ2) is 7.57. The first-order valence-corrected chi connectivity index (χ1v) is 10.1. The standard InChI is InChI=1S/C20H25N7O2/c1-14-15(2)29-12-9-26(14)19-22-18(25-7-10-28-11-8-25)23-20(24-19)27-13-21-16-5-3-4-6-17(16)27/h3-6,13-15H,7-12H2,1-2H3/t14-,15+/m0/s1. The Hall–Kier alpha value is -2.78. The summed E-state index contributed by atoms with van der Waals surface area (Å²) in [6.45, 7) is 8.53. The van der Waals surface area contributed by atoms with Gasteiger partial charge in [-0.15, -0.1) is 0 Å². The Morgan fingerprint density at radius 2 is 1.66 bits per heavy atom. The first-order chi connectivity index (χ1) is 14.2. The summed E-state index contributed by atoms with van der Waals surface area (Å²) >= 11 is 0. The third-order valence-corrected chi connectivity index (χ3v) is 5.70. The van der Waals surface area contributed by atoms with Crippen molar-refractivity contribution in [1.29, 1.82) is 0 Å². The van der Waals surface area contributed by atoms with Crippen LogP contribution in [0.5, 0.6) is 0 Å². The number of imidazole rings is 1. The number of fused-ring (bicyclic) bond motifs is 1. The number of aromatic nitrogens is 5. The van der Waals surface area contributed by atoms with E-state index in [-0.39, 0.29) is 12.1 Å². The third-order valence-electron chi connectivity index (χ3n) is 5.70. The third kappa shape index (κ3) is 3.40. The number of anilines is 2. The van der Waals surface area contributed by atoms with Gasteiger partial charge in [-0.25, -0.2) is 4.98 Å². The molecule has 0 N–H and O–H groups in total. The quantitative estimate of drug-likeness (QED) is 0.662. The molecule has 2 aromatic heterocycles. The van der Waals surface area contributed by atoms with Gasteiger partial charge in [0.05, 0.1) is 43.0 Å². The Kier molecular flexibility index (Phi) is 4.76. The Bertz CT molecular complexity index is 1000. The molecule has 4 heterocycles. The molecule has 9 nitrogen and oxygen atoms in total. The molecule has 2 fully saturated rings. The number of hydrogen-bond acceptors (Lipinski definition) is 8. The van der Waals surface area contributed by atoms with E-state index in [9.17, 15) is 0 Å². The van der Waals surface area contributed by atoms with Crippen LogP contribution in [0.25, 0.3) is 17.0 Å². The lowest BCUT2D eigenvalue weighted by atomic mass is 10.1. The van der Waals surface area contributed by atoms with Gasteiger partial charge in [-0.1, -0.05) is 12.1 Å². The van der Waals surface area contributed by atoms with Crippen LogP contribution in [0, 0.1) is 0 Å². The first-order valence-electron chi connectivity index (χ1n) is 10.1. The molecule has 2 atom stereocenters. The first kappa shape index (κ1) is 18.3. The summed E-state index contributed by atoms with van der Waals surface area (Å²) < 4.78 is 13.2. The Balaban J connectivity index is 1.62. The normalized spacial score (nSPS) is 23.0. The molecule has 29 heavy (non-hydrogen) atoms. The van der Waals surface area contributed by atoms with Crippen molar-refractivity contribution in [3.8, 4) is 5.95 Å². The maximum Gasteiger partial charge on any atom is 0.242 e. The Morgan fingerprint density at radius 3 is 2.52 bits per heavy atom. The predicted molar refractivity (Wildman–Crippen MR) is 110 cm³/mol. The van der Waals surface area contributed by atoms with E-state index in [0.717, 1.165) is 30.7 Å². The number of para-hydroxylation sites is 2. The summed E-state index contributed by atoms with van der Waals surface area (Å²) in [4.78, 5) is 23.4. The fourth-order valence-electron chi connectivity index (χ4n) is 3.82. The van der Waals surface area contributed by atoms with Gasteiger partial charge in [0.1, 0.15) is 6.33 Å². The van der Waals surface area contributed by atoms with Crippen LogP contribution in [0.15, 0.2) is 30.6 Å². The Labute approximate surface area is 169 Å². The zero-order valence-corrected chi connectivity index (χ0v) is 16.7. The van der Waals surface area contributed by atoms with Crippen molar-refractivity contribution in [3.05, 3.63) is 30.6 Å². The van der Waals surface area contributed by atoms with Crippen LogP contribution in [0.4, 0.5) is 11.9 Å². The average Bonchev–Trinajstić information content (AvgIpc) is 3.20. The number of morpholine rings is 2. The molecule has 0 aliphatic carbocycles. The highest BCUT2D eigenvalue weighted by Crippen LogP contribution is 2.24. The fourth-order valence-corrected chi connectivity index (χ4v) is 3.82. The summed E-state index contributed by atoms with van der Waals surface area (Å²) in [5.74, 6) is 1.94. The second-order valence-corrected chi connectivity index (χ2v) is 7.45. The van der Waals surface area contributed by atoms with Gasteiger partial charge in [-0.2, -0.15) is 15.0 Å². The van der Waals surface area contributed by atoms with E-state index < -0.39 is 0 Å². The lowest BCUT2D eigenvalue weighted by molar-refractivity contribution is 0.0277. The molecule has 0 bridgehead atoms. The van der Waals surface area contributed by atoms with Gasteiger partial charge < -0.3 is 19.3 Å². The SMILES string of the molecule is C[C@H]1OCCN(c2nc(N3CCOCC3)nc(-n3cnc4ccccc43)n2)[C@H]1C. The van der Waals surface area contributed by atoms with Gasteiger partial charge in [-0.05, 0) is 26.0 Å². The lowest BCUT2D eigenvalue weighted by Gasteiger charge is -2.38. The summed E-state index contributed by atoms with van der Waals surface area (Å²) in [7, 11) is 0. The molecule has 2 aliphatic rings. The van der Waals surface area contributed by atoms with Crippen molar-refractivity contribution in [1.82, 2.24) is 24.5 Å². The van der Waals surface area contributed by atoms with E-state index >= 15 is 0 Å². The van der Waals surface area contributed by atoms with E-state index in [4.69, 9.17) is 24.4 Å². The van der Waals surface area contributed by atoms with E-state index in [2.05, 4.69) is 28.6 Å². The van der Waals surface area contributed by atoms with Crippen LogP contribution in [-0.2, 0) is 9.47 Å². The topological polar surface area (TPSA) is 81.4 Å². The molecular formula is C20H25N7O2. The minimum atomic E-state index is 0.116. The highest BCUT2D eigenvalue weighted by atomic mass is 16.5. The van der Waals surface area contributed by atoms with Crippen molar-refractivity contribution in [2.45, 2.75) is 26.0 Å². The van der Waals surface area contributed by atoms with Crippen molar-refractivity contribution in [3.63, 3.8) is 0 Å². The summed E-state index contributed by atoms with van der Waals surface area (Å²) in [6, 6.07) is 8.17. The van der Waals surface area contributed by atoms with Crippen LogP contribution >= 0.6 is 0 Å². The minimum absolute atomic E-state index is 0.116. The van der Waals surface area contributed by atoms with Gasteiger partial charge in [0.25, 0.3) is 0 Å². The van der Waals surface area contributed by atoms with Crippen molar-refractivity contribution in [2.75, 3.05) is 49.3 Å². The number of nitrogens with zero attached hydrogens (tertiary/aromatic N) is 7. The average molecular weight is 395 g/mol. The zero-order valence-electron chi connectivity index (χ0n) is 16.7. The molecule has 2 saturated heterocycles. The van der Waals surface area contributed by atoms with Crippen LogP contribution in [-0.4, -0.2) is 76.1 Å². The monoisotopic (exact) mass is 395 g/mol. The van der Waals surface area contributed by atoms with Crippen molar-refractivity contribution in [2.24, 2.45) is 0 Å². The number of rotatable bonds is 3. The van der Waals surface area contributed by atoms with Crippen LogP contribution in [0.1, 0.15) is 13.8 Å². The molecular weight excluding hydrogens is 370 g/mol. The van der Waals surface area contributed by atoms with Gasteiger partial charge in [0.2, 0.25) is 17.8 Å². The van der Waals surface area contributed by atoms with Gasteiger partial charge in [-0.3, -0.25) is 4.57 Å². The summed E-state index contributed by atoms with van der Waals surface area (Å²) in [6.07, 6.45) is 1.89. The van der Waals surface area contributed by atoms with E-state index in [0.29, 0.717) is 37.7 Å². The molecule has 3 aromatic rings. The van der Waals surface area contributed by atoms with Crippen LogP contribution < -0.4 is 9.80 Å². The predicted octanol–water partition coefficient (Wildman–Crippen LogP) is 1.66. The van der Waals surface area contributed by atoms with E-state index in [1.54, 1.807) is 6.33 Å². The lowest BCUT2D eigenvalue weighted by Crippen LogP contribution is -2.49. The van der Waals surface area contributed by atoms with Crippen LogP contribution in [0.2, 0.25) is 0 Å². The molecule has 9 heteroatoms. The van der Waals surface area contributed by atoms with Crippen LogP contribution in [0.3, 0.4) is 0 Å². The molecule has 1 aromatic carbocycles. The minimum Gasteiger partial charge on any atom is -0.378 e. The maximum atomic E-state index is 5.79. The number of hydrogen-bond donors (Lipinski definition) is 0. The second-order valence-electron chi connectivity index (χ2n) is 7.45. The molecule has 2 aliphatic heterocycles. The fraction of sp³-hybridized carbons (Fsp3) is 0.500. The molecule has 0 unspecified atom stereocenters. The zero-order chi connectivity index (χ0) is 19.8. The molecule has 5 rings (SSSR count). The highest BCUT2D eigenvalue weighted by molar-refractivity contribution is 5.76. The van der Waals surface area contributed by atoms with Gasteiger partial charge >= 0.3 is 0 Å². The molecule has 0 amide bonds. The molecule has 152 valence electrons.